The molecular weight excluding hydrogens is 434 g/mol. The van der Waals surface area contributed by atoms with Gasteiger partial charge in [-0.25, -0.2) is 9.37 Å². The standard InChI is InChI=1S/C20H21F4N5O3/c1-12-11-13(3-4-14(12)21)17-27-16(32-28-17)6-5-15(30)25-8-7-19(31,20(22,23)24)18-26-9-10-29(18)2/h3-4,9-11,31H,5-8H2,1-2H3,(H,25,30). The van der Waals surface area contributed by atoms with Crippen LogP contribution in [0.1, 0.15) is 30.1 Å². The largest absolute Gasteiger partial charge is 0.424 e. The third-order valence-electron chi connectivity index (χ3n) is 4.92. The van der Waals surface area contributed by atoms with E-state index in [-0.39, 0.29) is 30.4 Å². The monoisotopic (exact) mass is 455 g/mol. The van der Waals surface area contributed by atoms with Crippen molar-refractivity contribution >= 4 is 5.91 Å². The fourth-order valence-electron chi connectivity index (χ4n) is 3.09. The van der Waals surface area contributed by atoms with Gasteiger partial charge < -0.3 is 19.5 Å². The number of rotatable bonds is 8. The Hall–Kier alpha value is -3.28. The number of hydrogen-bond donors (Lipinski definition) is 2. The number of aromatic nitrogens is 4. The van der Waals surface area contributed by atoms with Gasteiger partial charge in [-0.3, -0.25) is 4.79 Å². The predicted octanol–water partition coefficient (Wildman–Crippen LogP) is 2.81. The van der Waals surface area contributed by atoms with Crippen LogP contribution < -0.4 is 5.32 Å². The van der Waals surface area contributed by atoms with Gasteiger partial charge in [0.25, 0.3) is 0 Å². The first-order valence-corrected chi connectivity index (χ1v) is 9.64. The normalized spacial score (nSPS) is 13.7. The highest BCUT2D eigenvalue weighted by Gasteiger charge is 2.57. The molecule has 0 saturated carbocycles. The van der Waals surface area contributed by atoms with Crippen molar-refractivity contribution < 1.29 is 32.0 Å². The molecule has 3 rings (SSSR count). The molecule has 32 heavy (non-hydrogen) atoms. The first-order chi connectivity index (χ1) is 15.0. The maximum absolute atomic E-state index is 13.5. The number of aryl methyl sites for hydroxylation is 3. The summed E-state index contributed by atoms with van der Waals surface area (Å²) in [6, 6.07) is 4.33. The lowest BCUT2D eigenvalue weighted by Gasteiger charge is -2.29. The lowest BCUT2D eigenvalue weighted by molar-refractivity contribution is -0.272. The van der Waals surface area contributed by atoms with E-state index >= 15 is 0 Å². The number of carbonyl (C=O) groups excluding carboxylic acids is 1. The van der Waals surface area contributed by atoms with E-state index in [9.17, 15) is 27.5 Å². The highest BCUT2D eigenvalue weighted by Crippen LogP contribution is 2.40. The van der Waals surface area contributed by atoms with Gasteiger partial charge in [-0.15, -0.1) is 0 Å². The maximum Gasteiger partial charge on any atom is 0.424 e. The lowest BCUT2D eigenvalue weighted by atomic mass is 9.97. The maximum atomic E-state index is 13.5. The van der Waals surface area contributed by atoms with Gasteiger partial charge in [0.05, 0.1) is 0 Å². The third-order valence-corrected chi connectivity index (χ3v) is 4.92. The molecule has 0 aliphatic heterocycles. The van der Waals surface area contributed by atoms with Gasteiger partial charge in [-0.2, -0.15) is 18.2 Å². The van der Waals surface area contributed by atoms with Gasteiger partial charge in [-0.05, 0) is 30.7 Å². The number of aliphatic hydroxyl groups is 1. The van der Waals surface area contributed by atoms with Crippen LogP contribution in [-0.4, -0.2) is 43.4 Å². The number of carbonyl (C=O) groups is 1. The van der Waals surface area contributed by atoms with Crippen LogP contribution in [0.25, 0.3) is 11.4 Å². The molecule has 3 aromatic rings. The summed E-state index contributed by atoms with van der Waals surface area (Å²) >= 11 is 0. The molecule has 1 unspecified atom stereocenters. The number of halogens is 4. The second-order valence-electron chi connectivity index (χ2n) is 7.30. The quantitative estimate of drug-likeness (QED) is 0.506. The van der Waals surface area contributed by atoms with Gasteiger partial charge >= 0.3 is 6.18 Å². The zero-order valence-electron chi connectivity index (χ0n) is 17.3. The minimum Gasteiger partial charge on any atom is -0.374 e. The Balaban J connectivity index is 1.54. The summed E-state index contributed by atoms with van der Waals surface area (Å²) in [6.45, 7) is 1.17. The van der Waals surface area contributed by atoms with Crippen molar-refractivity contribution in [1.29, 1.82) is 0 Å². The molecular formula is C20H21F4N5O3. The fraction of sp³-hybridized carbons (Fsp3) is 0.400. The lowest BCUT2D eigenvalue weighted by Crippen LogP contribution is -2.46. The van der Waals surface area contributed by atoms with Crippen LogP contribution in [0.3, 0.4) is 0 Å². The Morgan fingerprint density at radius 1 is 1.31 bits per heavy atom. The summed E-state index contributed by atoms with van der Waals surface area (Å²) in [5.41, 5.74) is -2.24. The second-order valence-corrected chi connectivity index (χ2v) is 7.30. The smallest absolute Gasteiger partial charge is 0.374 e. The van der Waals surface area contributed by atoms with Crippen molar-refractivity contribution in [2.24, 2.45) is 7.05 Å². The molecule has 0 aliphatic carbocycles. The number of nitrogens with one attached hydrogen (secondary N) is 1. The Labute approximate surface area is 180 Å². The van der Waals surface area contributed by atoms with Crippen LogP contribution in [0.15, 0.2) is 35.1 Å². The third kappa shape index (κ3) is 4.96. The molecule has 0 spiro atoms. The van der Waals surface area contributed by atoms with Crippen LogP contribution in [0.2, 0.25) is 0 Å². The van der Waals surface area contributed by atoms with Crippen molar-refractivity contribution in [1.82, 2.24) is 25.0 Å². The van der Waals surface area contributed by atoms with Crippen LogP contribution in [0.5, 0.6) is 0 Å². The minimum absolute atomic E-state index is 0.0575. The van der Waals surface area contributed by atoms with E-state index in [0.717, 1.165) is 10.8 Å². The van der Waals surface area contributed by atoms with Gasteiger partial charge in [0.1, 0.15) is 11.6 Å². The molecule has 0 fully saturated rings. The Morgan fingerprint density at radius 2 is 2.06 bits per heavy atom. The Morgan fingerprint density at radius 3 is 2.69 bits per heavy atom. The molecule has 0 bridgehead atoms. The Kier molecular flexibility index (Phi) is 6.63. The fourth-order valence-corrected chi connectivity index (χ4v) is 3.09. The SMILES string of the molecule is Cc1cc(-c2noc(CCC(=O)NCCC(O)(c3nccn3C)C(F)(F)F)n2)ccc1F. The average Bonchev–Trinajstić information content (AvgIpc) is 3.37. The summed E-state index contributed by atoms with van der Waals surface area (Å²) in [4.78, 5) is 19.8. The average molecular weight is 455 g/mol. The minimum atomic E-state index is -4.98. The van der Waals surface area contributed by atoms with Gasteiger partial charge in [0, 0.05) is 50.8 Å². The van der Waals surface area contributed by atoms with Crippen LogP contribution in [0.4, 0.5) is 17.6 Å². The summed E-state index contributed by atoms with van der Waals surface area (Å²) in [5, 5.41) is 16.4. The van der Waals surface area contributed by atoms with Crippen LogP contribution in [0, 0.1) is 12.7 Å². The molecule has 1 aromatic carbocycles. The van der Waals surface area contributed by atoms with Crippen LogP contribution in [-0.2, 0) is 23.9 Å². The molecule has 0 saturated heterocycles. The van der Waals surface area contributed by atoms with E-state index < -0.39 is 36.5 Å². The molecule has 1 amide bonds. The van der Waals surface area contributed by atoms with E-state index in [1.807, 2.05) is 0 Å². The highest BCUT2D eigenvalue weighted by molar-refractivity contribution is 5.76. The van der Waals surface area contributed by atoms with E-state index in [1.165, 1.54) is 25.4 Å². The van der Waals surface area contributed by atoms with Crippen molar-refractivity contribution in [2.75, 3.05) is 6.54 Å². The molecule has 172 valence electrons. The van der Waals surface area contributed by atoms with Crippen LogP contribution >= 0.6 is 0 Å². The molecule has 2 aromatic heterocycles. The molecule has 2 heterocycles. The van der Waals surface area contributed by atoms with Crippen molar-refractivity contribution in [2.45, 2.75) is 38.0 Å². The van der Waals surface area contributed by atoms with Crippen molar-refractivity contribution in [3.05, 3.63) is 53.7 Å². The number of alkyl halides is 3. The van der Waals surface area contributed by atoms with Crippen molar-refractivity contribution in [3.63, 3.8) is 0 Å². The first kappa shape index (κ1) is 23.4. The summed E-state index contributed by atoms with van der Waals surface area (Å²) in [7, 11) is 1.34. The van der Waals surface area contributed by atoms with E-state index in [4.69, 9.17) is 4.52 Å². The van der Waals surface area contributed by atoms with Gasteiger partial charge in [0.15, 0.2) is 0 Å². The van der Waals surface area contributed by atoms with Crippen molar-refractivity contribution in [3.8, 4) is 11.4 Å². The second kappa shape index (κ2) is 9.07. The molecule has 8 nitrogen and oxygen atoms in total. The molecule has 2 N–H and O–H groups in total. The predicted molar refractivity (Wildman–Crippen MR) is 104 cm³/mol. The number of hydrogen-bond acceptors (Lipinski definition) is 6. The first-order valence-electron chi connectivity index (χ1n) is 9.64. The number of imidazole rings is 1. The molecule has 0 aliphatic rings. The topological polar surface area (TPSA) is 106 Å². The Bertz CT molecular complexity index is 1100. The van der Waals surface area contributed by atoms with E-state index in [2.05, 4.69) is 20.4 Å². The number of benzene rings is 1. The number of nitrogens with zero attached hydrogens (tertiary/aromatic N) is 4. The zero-order valence-corrected chi connectivity index (χ0v) is 17.3. The molecule has 0 radical (unpaired) electrons. The van der Waals surface area contributed by atoms with E-state index in [1.54, 1.807) is 13.0 Å². The van der Waals surface area contributed by atoms with Gasteiger partial charge in [0.2, 0.25) is 23.2 Å². The van der Waals surface area contributed by atoms with E-state index in [0.29, 0.717) is 11.1 Å². The summed E-state index contributed by atoms with van der Waals surface area (Å²) in [5.74, 6) is -1.10. The zero-order chi connectivity index (χ0) is 23.5. The molecule has 12 heteroatoms. The number of amides is 1. The van der Waals surface area contributed by atoms with Gasteiger partial charge in [-0.1, -0.05) is 5.16 Å². The summed E-state index contributed by atoms with van der Waals surface area (Å²) < 4.78 is 59.9. The highest BCUT2D eigenvalue weighted by atomic mass is 19.4. The summed E-state index contributed by atoms with van der Waals surface area (Å²) in [6.07, 6.45) is -3.40. The molecule has 1 atom stereocenters.